The summed E-state index contributed by atoms with van der Waals surface area (Å²) in [6.07, 6.45) is 0.892. The van der Waals surface area contributed by atoms with E-state index >= 15 is 0 Å². The monoisotopic (exact) mass is 88.0 g/mol. The Morgan fingerprint density at radius 3 is 2.60 bits per heavy atom. The van der Waals surface area contributed by atoms with Crippen molar-refractivity contribution in [3.8, 4) is 0 Å². The number of carbonyl (C=O) groups excluding carboxylic acids is 1. The molecule has 0 spiro atoms. The molecule has 0 radical (unpaired) electrons. The van der Waals surface area contributed by atoms with Crippen LogP contribution in [0.5, 0.6) is 0 Å². The van der Waals surface area contributed by atoms with E-state index in [0.29, 0.717) is 0 Å². The van der Waals surface area contributed by atoms with Crippen LogP contribution in [0.4, 0.5) is 0 Å². The van der Waals surface area contributed by atoms with Crippen LogP contribution in [0.3, 0.4) is 0 Å². The predicted octanol–water partition coefficient (Wildman–Crippen LogP) is 1.02. The Morgan fingerprint density at radius 2 is 2.60 bits per heavy atom. The lowest BCUT2D eigenvalue weighted by atomic mass is 11.0. The van der Waals surface area contributed by atoms with E-state index in [1.807, 2.05) is 6.92 Å². The van der Waals surface area contributed by atoms with Gasteiger partial charge in [-0.3, -0.25) is 0 Å². The normalized spacial score (nSPS) is 7.40. The molecule has 0 aliphatic carbocycles. The van der Waals surface area contributed by atoms with E-state index in [0.717, 1.165) is 14.4 Å². The molecule has 0 N–H and O–H groups in total. The minimum absolute atomic E-state index is 0.775. The van der Waals surface area contributed by atoms with Crippen LogP contribution in [-0.2, 0) is 4.79 Å². The zero-order valence-corrected chi connectivity index (χ0v) is 3.96. The van der Waals surface area contributed by atoms with Gasteiger partial charge in [-0.05, 0) is 14.4 Å². The van der Waals surface area contributed by atoms with Crippen LogP contribution in [0.15, 0.2) is 0 Å². The SMILES string of the molecule is CCP=C=O. The first kappa shape index (κ1) is 4.88. The summed E-state index contributed by atoms with van der Waals surface area (Å²) in [6, 6.07) is 0. The first-order chi connectivity index (χ1) is 2.41. The number of hydrogen-bond donors (Lipinski definition) is 0. The minimum atomic E-state index is 0.775. The van der Waals surface area contributed by atoms with Gasteiger partial charge < -0.3 is 0 Å². The minimum Gasteiger partial charge on any atom is -0.229 e. The summed E-state index contributed by atoms with van der Waals surface area (Å²) in [5, 5.41) is 0. The fraction of sp³-hybridized carbons (Fsp3) is 0.667. The molecule has 0 saturated carbocycles. The number of hydrogen-bond acceptors (Lipinski definition) is 1. The van der Waals surface area contributed by atoms with Gasteiger partial charge in [0.15, 0.2) is 0 Å². The molecule has 0 aromatic carbocycles. The van der Waals surface area contributed by atoms with Crippen molar-refractivity contribution in [2.24, 2.45) is 0 Å². The van der Waals surface area contributed by atoms with Crippen LogP contribution >= 0.6 is 8.20 Å². The molecule has 0 aromatic rings. The molecule has 0 aliphatic rings. The highest BCUT2D eigenvalue weighted by molar-refractivity contribution is 7.37. The van der Waals surface area contributed by atoms with E-state index in [4.69, 9.17) is 0 Å². The lowest BCUT2D eigenvalue weighted by molar-refractivity contribution is 0.572. The van der Waals surface area contributed by atoms with Crippen molar-refractivity contribution in [2.45, 2.75) is 6.92 Å². The van der Waals surface area contributed by atoms with Gasteiger partial charge in [0, 0.05) is 0 Å². The van der Waals surface area contributed by atoms with Crippen LogP contribution in [0.1, 0.15) is 6.92 Å². The molecule has 0 unspecified atom stereocenters. The molecule has 0 bridgehead atoms. The highest BCUT2D eigenvalue weighted by Gasteiger charge is 1.54. The molecule has 0 heterocycles. The Hall–Kier alpha value is -0.120. The molecule has 5 heavy (non-hydrogen) atoms. The molecule has 0 atom stereocenters. The molecule has 0 aromatic heterocycles. The Bertz CT molecular complexity index is 53.9. The van der Waals surface area contributed by atoms with Crippen LogP contribution < -0.4 is 0 Å². The van der Waals surface area contributed by atoms with Gasteiger partial charge in [-0.25, -0.2) is 4.79 Å². The van der Waals surface area contributed by atoms with Gasteiger partial charge >= 0.3 is 0 Å². The van der Waals surface area contributed by atoms with Crippen LogP contribution in [0.25, 0.3) is 0 Å². The second kappa shape index (κ2) is 3.88. The summed E-state index contributed by atoms with van der Waals surface area (Å²) in [5.41, 5.74) is 1.74. The lowest BCUT2D eigenvalue weighted by Crippen LogP contribution is -1.44. The smallest absolute Gasteiger partial charge is 0.149 e. The molecule has 0 aliphatic heterocycles. The van der Waals surface area contributed by atoms with Gasteiger partial charge in [0.25, 0.3) is 0 Å². The predicted molar refractivity (Wildman–Crippen MR) is 23.2 cm³/mol. The van der Waals surface area contributed by atoms with E-state index in [-0.39, 0.29) is 0 Å². The van der Waals surface area contributed by atoms with Gasteiger partial charge in [-0.15, -0.1) is 0 Å². The first-order valence-electron chi connectivity index (χ1n) is 1.45. The van der Waals surface area contributed by atoms with Crippen LogP contribution in [0.2, 0.25) is 0 Å². The van der Waals surface area contributed by atoms with Gasteiger partial charge in [-0.1, -0.05) is 6.92 Å². The third-order valence-corrected chi connectivity index (χ3v) is 0.668. The maximum absolute atomic E-state index is 9.27. The zero-order chi connectivity index (χ0) is 4.12. The first-order valence-corrected chi connectivity index (χ1v) is 2.53. The van der Waals surface area contributed by atoms with E-state index in [1.54, 1.807) is 5.66 Å². The Kier molecular flexibility index (Phi) is 3.79. The Balaban J connectivity index is 2.93. The maximum Gasteiger partial charge on any atom is 0.149 e. The highest BCUT2D eigenvalue weighted by Crippen LogP contribution is 1.83. The summed E-state index contributed by atoms with van der Waals surface area (Å²) in [6.45, 7) is 1.94. The molecular weight excluding hydrogens is 83.0 g/mol. The third-order valence-electron chi connectivity index (χ3n) is 0.223. The van der Waals surface area contributed by atoms with Crippen molar-refractivity contribution in [1.29, 1.82) is 0 Å². The van der Waals surface area contributed by atoms with Gasteiger partial charge in [0.05, 0.1) is 0 Å². The molecule has 0 rings (SSSR count). The summed E-state index contributed by atoms with van der Waals surface area (Å²) >= 11 is 0. The second-order valence-electron chi connectivity index (χ2n) is 0.566. The molecule has 1 nitrogen and oxygen atoms in total. The molecule has 0 amide bonds. The average Bonchev–Trinajstić information content (AvgIpc) is 1.41. The molecule has 28 valence electrons. The summed E-state index contributed by atoms with van der Waals surface area (Å²) < 4.78 is 0. The van der Waals surface area contributed by atoms with Crippen molar-refractivity contribution in [3.63, 3.8) is 0 Å². The standard InChI is InChI=1S/C3H5OP/c1-2-5-3-4/h2H2,1H3. The second-order valence-corrected chi connectivity index (χ2v) is 1.70. The van der Waals surface area contributed by atoms with Crippen LogP contribution in [0, 0.1) is 0 Å². The van der Waals surface area contributed by atoms with Gasteiger partial charge in [0.1, 0.15) is 5.66 Å². The fourth-order valence-corrected chi connectivity index (χ4v) is 0.194. The molecule has 0 saturated heterocycles. The van der Waals surface area contributed by atoms with Gasteiger partial charge in [-0.2, -0.15) is 0 Å². The lowest BCUT2D eigenvalue weighted by Gasteiger charge is -1.54. The number of rotatable bonds is 1. The highest BCUT2D eigenvalue weighted by atomic mass is 31.1. The van der Waals surface area contributed by atoms with Crippen molar-refractivity contribution >= 4 is 13.9 Å². The molecule has 2 heteroatoms. The van der Waals surface area contributed by atoms with E-state index < -0.39 is 0 Å². The van der Waals surface area contributed by atoms with Crippen LogP contribution in [-0.4, -0.2) is 11.8 Å². The third kappa shape index (κ3) is 3.88. The molecule has 0 fully saturated rings. The Labute approximate surface area is 32.8 Å². The topological polar surface area (TPSA) is 17.1 Å². The quantitative estimate of drug-likeness (QED) is 0.437. The fourth-order valence-electron chi connectivity index (χ4n) is 0.0645. The zero-order valence-electron chi connectivity index (χ0n) is 3.06. The summed E-state index contributed by atoms with van der Waals surface area (Å²) in [7, 11) is 0.775. The Morgan fingerprint density at radius 1 is 2.00 bits per heavy atom. The van der Waals surface area contributed by atoms with Crippen molar-refractivity contribution in [1.82, 2.24) is 0 Å². The van der Waals surface area contributed by atoms with E-state index in [1.165, 1.54) is 0 Å². The van der Waals surface area contributed by atoms with Crippen molar-refractivity contribution < 1.29 is 4.79 Å². The van der Waals surface area contributed by atoms with Crippen molar-refractivity contribution in [3.05, 3.63) is 0 Å². The van der Waals surface area contributed by atoms with Crippen molar-refractivity contribution in [2.75, 3.05) is 6.16 Å². The molecular formula is C3H5OP. The van der Waals surface area contributed by atoms with E-state index in [2.05, 4.69) is 0 Å². The summed E-state index contributed by atoms with van der Waals surface area (Å²) in [4.78, 5) is 9.27. The average molecular weight is 88.0 g/mol. The van der Waals surface area contributed by atoms with E-state index in [9.17, 15) is 4.79 Å². The largest absolute Gasteiger partial charge is 0.229 e. The van der Waals surface area contributed by atoms with Gasteiger partial charge in [0.2, 0.25) is 0 Å². The maximum atomic E-state index is 9.27. The summed E-state index contributed by atoms with van der Waals surface area (Å²) in [5.74, 6) is 0.